The molecule has 32 heavy (non-hydrogen) atoms. The van der Waals surface area contributed by atoms with Crippen molar-refractivity contribution in [3.63, 3.8) is 0 Å². The number of aryl methyl sites for hydroxylation is 1. The Morgan fingerprint density at radius 1 is 1.28 bits per heavy atom. The van der Waals surface area contributed by atoms with Gasteiger partial charge in [0.25, 0.3) is 11.8 Å². The molecule has 3 heterocycles. The number of anilines is 1. The van der Waals surface area contributed by atoms with Crippen LogP contribution >= 0.6 is 0 Å². The smallest absolute Gasteiger partial charge is 0.322 e. The van der Waals surface area contributed by atoms with E-state index in [4.69, 9.17) is 0 Å². The van der Waals surface area contributed by atoms with Crippen LogP contribution in [0.4, 0.5) is 18.9 Å². The fourth-order valence-electron chi connectivity index (χ4n) is 3.89. The Hall–Kier alpha value is -3.70. The summed E-state index contributed by atoms with van der Waals surface area (Å²) in [6.45, 7) is 1.41. The van der Waals surface area contributed by atoms with Gasteiger partial charge in [-0.3, -0.25) is 29.2 Å². The van der Waals surface area contributed by atoms with Crippen molar-refractivity contribution in [3.05, 3.63) is 46.8 Å². The first-order valence-corrected chi connectivity index (χ1v) is 9.83. The fourth-order valence-corrected chi connectivity index (χ4v) is 3.89. The van der Waals surface area contributed by atoms with E-state index >= 15 is 0 Å². The maximum absolute atomic E-state index is 13.1. The van der Waals surface area contributed by atoms with E-state index in [2.05, 4.69) is 15.7 Å². The van der Waals surface area contributed by atoms with Gasteiger partial charge in [0.05, 0.1) is 0 Å². The quantitative estimate of drug-likeness (QED) is 0.693. The number of nitrogens with one attached hydrogen (secondary N) is 2. The number of aromatic nitrogens is 2. The van der Waals surface area contributed by atoms with Gasteiger partial charge >= 0.3 is 6.18 Å². The lowest BCUT2D eigenvalue weighted by atomic mass is 10.0. The second-order valence-corrected chi connectivity index (χ2v) is 7.41. The normalized spacial score (nSPS) is 18.6. The third-order valence-corrected chi connectivity index (χ3v) is 5.43. The van der Waals surface area contributed by atoms with Gasteiger partial charge in [-0.1, -0.05) is 6.07 Å². The highest BCUT2D eigenvalue weighted by Crippen LogP contribution is 2.33. The number of alkyl halides is 3. The van der Waals surface area contributed by atoms with Crippen molar-refractivity contribution in [2.75, 3.05) is 5.32 Å². The minimum atomic E-state index is -4.66. The largest absolute Gasteiger partial charge is 0.433 e. The summed E-state index contributed by atoms with van der Waals surface area (Å²) in [4.78, 5) is 50.3. The van der Waals surface area contributed by atoms with E-state index in [-0.39, 0.29) is 37.2 Å². The summed E-state index contributed by atoms with van der Waals surface area (Å²) < 4.78 is 40.1. The van der Waals surface area contributed by atoms with Crippen molar-refractivity contribution in [1.82, 2.24) is 20.0 Å². The SMILES string of the molecule is CCn1nc(C(=O)Nc2cccc3c2CN(C2CCC(=O)NC2=O)C3=O)cc1C(F)(F)F. The summed E-state index contributed by atoms with van der Waals surface area (Å²) in [7, 11) is 0. The van der Waals surface area contributed by atoms with Crippen molar-refractivity contribution in [3.8, 4) is 0 Å². The van der Waals surface area contributed by atoms with Crippen LogP contribution in [0, 0.1) is 0 Å². The average molecular weight is 449 g/mol. The van der Waals surface area contributed by atoms with E-state index in [1.54, 1.807) is 0 Å². The zero-order valence-electron chi connectivity index (χ0n) is 16.8. The molecule has 12 heteroatoms. The molecule has 2 aliphatic heterocycles. The van der Waals surface area contributed by atoms with E-state index < -0.39 is 47.2 Å². The van der Waals surface area contributed by atoms with Crippen molar-refractivity contribution >= 4 is 29.3 Å². The number of benzene rings is 1. The molecule has 168 valence electrons. The second kappa shape index (κ2) is 7.77. The van der Waals surface area contributed by atoms with Crippen LogP contribution in [0.15, 0.2) is 24.3 Å². The number of amides is 4. The van der Waals surface area contributed by atoms with Gasteiger partial charge in [0.15, 0.2) is 5.69 Å². The third kappa shape index (κ3) is 3.72. The van der Waals surface area contributed by atoms with Crippen molar-refractivity contribution in [2.24, 2.45) is 0 Å². The van der Waals surface area contributed by atoms with Crippen LogP contribution in [0.5, 0.6) is 0 Å². The molecule has 1 atom stereocenters. The molecule has 0 radical (unpaired) electrons. The molecule has 4 rings (SSSR count). The van der Waals surface area contributed by atoms with Gasteiger partial charge in [0.1, 0.15) is 11.7 Å². The number of carbonyl (C=O) groups is 4. The first kappa shape index (κ1) is 21.5. The van der Waals surface area contributed by atoms with Crippen LogP contribution in [0.25, 0.3) is 0 Å². The van der Waals surface area contributed by atoms with Crippen molar-refractivity contribution in [2.45, 2.75) is 45.1 Å². The molecule has 0 spiro atoms. The van der Waals surface area contributed by atoms with Gasteiger partial charge in [-0.05, 0) is 25.5 Å². The predicted molar refractivity (Wildman–Crippen MR) is 103 cm³/mol. The Morgan fingerprint density at radius 2 is 2.03 bits per heavy atom. The molecule has 1 fully saturated rings. The molecule has 4 amide bonds. The standard InChI is InChI=1S/C20H18F3N5O4/c1-2-28-15(20(21,22)23)8-13(26-28)17(30)24-12-5-3-4-10-11(12)9-27(19(10)32)14-6-7-16(29)25-18(14)31/h3-5,8,14H,2,6-7,9H2,1H3,(H,24,30)(H,25,29,31). The number of piperidine rings is 1. The van der Waals surface area contributed by atoms with Gasteiger partial charge in [-0.15, -0.1) is 0 Å². The molecule has 1 aromatic heterocycles. The van der Waals surface area contributed by atoms with Gasteiger partial charge in [-0.2, -0.15) is 18.3 Å². The molecule has 0 aliphatic carbocycles. The lowest BCUT2D eigenvalue weighted by molar-refractivity contribution is -0.144. The first-order valence-electron chi connectivity index (χ1n) is 9.83. The summed E-state index contributed by atoms with van der Waals surface area (Å²) >= 11 is 0. The second-order valence-electron chi connectivity index (χ2n) is 7.41. The molecule has 2 aliphatic rings. The monoisotopic (exact) mass is 449 g/mol. The Bertz CT molecular complexity index is 1140. The van der Waals surface area contributed by atoms with E-state index in [9.17, 15) is 32.3 Å². The average Bonchev–Trinajstić information content (AvgIpc) is 3.31. The van der Waals surface area contributed by atoms with E-state index in [0.717, 1.165) is 0 Å². The fraction of sp³-hybridized carbons (Fsp3) is 0.350. The molecule has 2 N–H and O–H groups in total. The Labute approximate surface area is 179 Å². The minimum absolute atomic E-state index is 0.00803. The lowest BCUT2D eigenvalue weighted by Gasteiger charge is -2.29. The van der Waals surface area contributed by atoms with Gasteiger partial charge in [0.2, 0.25) is 11.8 Å². The molecular formula is C20H18F3N5O4. The van der Waals surface area contributed by atoms with Crippen LogP contribution in [0.1, 0.15) is 51.9 Å². The summed E-state index contributed by atoms with van der Waals surface area (Å²) in [5, 5.41) is 8.45. The maximum Gasteiger partial charge on any atom is 0.433 e. The lowest BCUT2D eigenvalue weighted by Crippen LogP contribution is -2.52. The number of nitrogens with zero attached hydrogens (tertiary/aromatic N) is 3. The predicted octanol–water partition coefficient (Wildman–Crippen LogP) is 1.94. The summed E-state index contributed by atoms with van der Waals surface area (Å²) in [6, 6.07) is 4.41. The molecule has 2 aromatic rings. The van der Waals surface area contributed by atoms with Crippen LogP contribution in [-0.2, 0) is 28.9 Å². The third-order valence-electron chi connectivity index (χ3n) is 5.43. The van der Waals surface area contributed by atoms with Gasteiger partial charge in [-0.25, -0.2) is 0 Å². The summed E-state index contributed by atoms with van der Waals surface area (Å²) in [5.41, 5.74) is -0.523. The van der Waals surface area contributed by atoms with E-state index in [0.29, 0.717) is 16.3 Å². The summed E-state index contributed by atoms with van der Waals surface area (Å²) in [5.74, 6) is -2.27. The zero-order valence-corrected chi connectivity index (χ0v) is 16.8. The van der Waals surface area contributed by atoms with Gasteiger partial charge < -0.3 is 10.2 Å². The molecule has 9 nitrogen and oxygen atoms in total. The number of carbonyl (C=O) groups excluding carboxylic acids is 4. The van der Waals surface area contributed by atoms with E-state index in [1.165, 1.54) is 30.0 Å². The van der Waals surface area contributed by atoms with Crippen LogP contribution in [0.3, 0.4) is 0 Å². The Balaban J connectivity index is 1.58. The molecule has 0 bridgehead atoms. The van der Waals surface area contributed by atoms with Crippen molar-refractivity contribution < 1.29 is 32.3 Å². The highest BCUT2D eigenvalue weighted by atomic mass is 19.4. The number of hydrogen-bond donors (Lipinski definition) is 2. The Morgan fingerprint density at radius 3 is 2.66 bits per heavy atom. The molecule has 0 saturated carbocycles. The highest BCUT2D eigenvalue weighted by Gasteiger charge is 2.40. The van der Waals surface area contributed by atoms with E-state index in [1.807, 2.05) is 0 Å². The minimum Gasteiger partial charge on any atom is -0.322 e. The molecule has 1 aromatic carbocycles. The number of rotatable bonds is 4. The molecular weight excluding hydrogens is 431 g/mol. The first-order chi connectivity index (χ1) is 15.1. The topological polar surface area (TPSA) is 113 Å². The number of halogens is 3. The van der Waals surface area contributed by atoms with Crippen molar-refractivity contribution in [1.29, 1.82) is 0 Å². The zero-order chi connectivity index (χ0) is 23.2. The molecule has 1 saturated heterocycles. The number of hydrogen-bond acceptors (Lipinski definition) is 5. The highest BCUT2D eigenvalue weighted by molar-refractivity contribution is 6.08. The summed E-state index contributed by atoms with van der Waals surface area (Å²) in [6.07, 6.45) is -4.38. The molecule has 1 unspecified atom stereocenters. The Kier molecular flexibility index (Phi) is 5.23. The maximum atomic E-state index is 13.1. The van der Waals surface area contributed by atoms with Crippen LogP contribution in [0.2, 0.25) is 0 Å². The van der Waals surface area contributed by atoms with Gasteiger partial charge in [0, 0.05) is 42.4 Å². The van der Waals surface area contributed by atoms with Crippen LogP contribution < -0.4 is 10.6 Å². The van der Waals surface area contributed by atoms with Crippen LogP contribution in [-0.4, -0.2) is 44.4 Å². The number of fused-ring (bicyclic) bond motifs is 1. The number of imide groups is 1.